The largest absolute Gasteiger partial charge is 0.374 e. The van der Waals surface area contributed by atoms with Gasteiger partial charge in [-0.15, -0.1) is 0 Å². The topological polar surface area (TPSA) is 24.5 Å². The quantitative estimate of drug-likeness (QED) is 0.907. The molecule has 1 aliphatic rings. The summed E-state index contributed by atoms with van der Waals surface area (Å²) < 4.78 is 5.91. The Morgan fingerprint density at radius 3 is 3.06 bits per heavy atom. The highest BCUT2D eigenvalue weighted by Crippen LogP contribution is 2.24. The lowest BCUT2D eigenvalue weighted by Crippen LogP contribution is -2.47. The molecule has 0 spiro atoms. The average Bonchev–Trinajstić information content (AvgIpc) is 2.40. The van der Waals surface area contributed by atoms with E-state index in [0.29, 0.717) is 0 Å². The van der Waals surface area contributed by atoms with Crippen molar-refractivity contribution >= 4 is 11.6 Å². The second kappa shape index (κ2) is 6.53. The zero-order chi connectivity index (χ0) is 13.0. The molecule has 1 fully saturated rings. The number of nitrogens with zero attached hydrogens (tertiary/aromatic N) is 1. The highest BCUT2D eigenvalue weighted by molar-refractivity contribution is 6.30. The van der Waals surface area contributed by atoms with E-state index in [0.717, 1.165) is 31.3 Å². The Balaban J connectivity index is 2.12. The molecule has 0 aliphatic carbocycles. The number of hydrogen-bond donors (Lipinski definition) is 1. The third-order valence-electron chi connectivity index (χ3n) is 3.52. The molecule has 100 valence electrons. The molecule has 1 aromatic rings. The van der Waals surface area contributed by atoms with Crippen molar-refractivity contribution in [3.8, 4) is 0 Å². The number of halogens is 1. The summed E-state index contributed by atoms with van der Waals surface area (Å²) in [7, 11) is 1.97. The summed E-state index contributed by atoms with van der Waals surface area (Å²) in [4.78, 5) is 2.42. The van der Waals surface area contributed by atoms with Gasteiger partial charge in [0, 0.05) is 18.1 Å². The van der Waals surface area contributed by atoms with Gasteiger partial charge in [-0.05, 0) is 31.3 Å². The Kier molecular flexibility index (Phi) is 5.01. The van der Waals surface area contributed by atoms with Crippen LogP contribution in [0.4, 0.5) is 0 Å². The first-order valence-corrected chi connectivity index (χ1v) is 6.89. The van der Waals surface area contributed by atoms with Gasteiger partial charge in [0.2, 0.25) is 0 Å². The molecular formula is C14H21ClN2O. The van der Waals surface area contributed by atoms with Gasteiger partial charge in [0.1, 0.15) is 0 Å². The molecule has 1 N–H and O–H groups in total. The van der Waals surface area contributed by atoms with Gasteiger partial charge < -0.3 is 10.1 Å². The first-order valence-electron chi connectivity index (χ1n) is 6.51. The Morgan fingerprint density at radius 1 is 1.56 bits per heavy atom. The van der Waals surface area contributed by atoms with Crippen molar-refractivity contribution in [1.82, 2.24) is 10.2 Å². The van der Waals surface area contributed by atoms with Gasteiger partial charge in [-0.3, -0.25) is 4.90 Å². The maximum atomic E-state index is 6.06. The number of nitrogens with one attached hydrogen (secondary N) is 1. The third-order valence-corrected chi connectivity index (χ3v) is 3.75. The number of likely N-dealkylation sites (N-methyl/N-ethyl adjacent to an activating group) is 2. The zero-order valence-electron chi connectivity index (χ0n) is 11.0. The fourth-order valence-corrected chi connectivity index (χ4v) is 2.69. The first kappa shape index (κ1) is 13.8. The second-order valence-corrected chi connectivity index (χ2v) is 5.06. The van der Waals surface area contributed by atoms with E-state index in [9.17, 15) is 0 Å². The van der Waals surface area contributed by atoms with Crippen LogP contribution < -0.4 is 5.32 Å². The minimum absolute atomic E-state index is 0.183. The zero-order valence-corrected chi connectivity index (χ0v) is 11.8. The number of rotatable bonds is 4. The van der Waals surface area contributed by atoms with Crippen LogP contribution in [-0.2, 0) is 4.74 Å². The molecule has 2 atom stereocenters. The van der Waals surface area contributed by atoms with Gasteiger partial charge in [0.25, 0.3) is 0 Å². The van der Waals surface area contributed by atoms with Crippen molar-refractivity contribution < 1.29 is 4.74 Å². The van der Waals surface area contributed by atoms with Crippen LogP contribution in [0.25, 0.3) is 0 Å². The molecule has 1 heterocycles. The van der Waals surface area contributed by atoms with E-state index < -0.39 is 0 Å². The van der Waals surface area contributed by atoms with Crippen LogP contribution in [0.3, 0.4) is 0 Å². The molecule has 1 aliphatic heterocycles. The number of hydrogen-bond acceptors (Lipinski definition) is 3. The molecule has 0 saturated carbocycles. The maximum absolute atomic E-state index is 6.06. The summed E-state index contributed by atoms with van der Waals surface area (Å²) in [6.07, 6.45) is 0.183. The van der Waals surface area contributed by atoms with Gasteiger partial charge >= 0.3 is 0 Å². The molecule has 4 heteroatoms. The summed E-state index contributed by atoms with van der Waals surface area (Å²) in [5, 5.41) is 4.12. The van der Waals surface area contributed by atoms with Crippen LogP contribution >= 0.6 is 11.6 Å². The fourth-order valence-electron chi connectivity index (χ4n) is 2.49. The van der Waals surface area contributed by atoms with Crippen molar-refractivity contribution in [2.75, 3.05) is 33.3 Å². The van der Waals surface area contributed by atoms with Gasteiger partial charge in [-0.25, -0.2) is 0 Å². The molecule has 3 nitrogen and oxygen atoms in total. The standard InChI is InChI=1S/C14H21ClN2O/c1-3-17-7-8-18-13(10-17)14(16-2)11-5-4-6-12(15)9-11/h4-6,9,13-14,16H,3,7-8,10H2,1-2H3. The normalized spacial score (nSPS) is 22.9. The summed E-state index contributed by atoms with van der Waals surface area (Å²) >= 11 is 6.06. The summed E-state index contributed by atoms with van der Waals surface area (Å²) in [5.74, 6) is 0. The Labute approximate surface area is 114 Å². The lowest BCUT2D eigenvalue weighted by atomic mass is 10.00. The Bertz CT molecular complexity index is 386. The van der Waals surface area contributed by atoms with E-state index in [1.54, 1.807) is 0 Å². The van der Waals surface area contributed by atoms with Gasteiger partial charge in [-0.2, -0.15) is 0 Å². The lowest BCUT2D eigenvalue weighted by molar-refractivity contribution is -0.0444. The van der Waals surface area contributed by atoms with E-state index in [1.165, 1.54) is 5.56 Å². The summed E-state index contributed by atoms with van der Waals surface area (Å²) in [5.41, 5.74) is 1.19. The SMILES string of the molecule is CCN1CCOC(C(NC)c2cccc(Cl)c2)C1. The molecule has 1 aromatic carbocycles. The molecule has 0 aromatic heterocycles. The van der Waals surface area contributed by atoms with Crippen molar-refractivity contribution in [2.24, 2.45) is 0 Å². The minimum atomic E-state index is 0.183. The molecule has 0 amide bonds. The number of benzene rings is 1. The fraction of sp³-hybridized carbons (Fsp3) is 0.571. The third kappa shape index (κ3) is 3.23. The second-order valence-electron chi connectivity index (χ2n) is 4.62. The van der Waals surface area contributed by atoms with Gasteiger partial charge in [0.05, 0.1) is 18.8 Å². The van der Waals surface area contributed by atoms with Crippen LogP contribution in [0.1, 0.15) is 18.5 Å². The molecule has 0 bridgehead atoms. The lowest BCUT2D eigenvalue weighted by Gasteiger charge is -2.36. The smallest absolute Gasteiger partial charge is 0.0896 e. The summed E-state index contributed by atoms with van der Waals surface area (Å²) in [6.45, 7) is 6.06. The van der Waals surface area contributed by atoms with Crippen molar-refractivity contribution in [3.05, 3.63) is 34.9 Å². The monoisotopic (exact) mass is 268 g/mol. The van der Waals surface area contributed by atoms with Crippen molar-refractivity contribution in [1.29, 1.82) is 0 Å². The van der Waals surface area contributed by atoms with Gasteiger partial charge in [0.15, 0.2) is 0 Å². The van der Waals surface area contributed by atoms with Crippen LogP contribution in [0.2, 0.25) is 5.02 Å². The molecular weight excluding hydrogens is 248 g/mol. The first-order chi connectivity index (χ1) is 8.74. The minimum Gasteiger partial charge on any atom is -0.374 e. The van der Waals surface area contributed by atoms with Crippen LogP contribution in [0.15, 0.2) is 24.3 Å². The Hall–Kier alpha value is -0.610. The molecule has 2 rings (SSSR count). The average molecular weight is 269 g/mol. The highest BCUT2D eigenvalue weighted by atomic mass is 35.5. The highest BCUT2D eigenvalue weighted by Gasteiger charge is 2.27. The predicted molar refractivity (Wildman–Crippen MR) is 75.1 cm³/mol. The van der Waals surface area contributed by atoms with Crippen molar-refractivity contribution in [2.45, 2.75) is 19.1 Å². The van der Waals surface area contributed by atoms with Crippen molar-refractivity contribution in [3.63, 3.8) is 0 Å². The number of ether oxygens (including phenoxy) is 1. The van der Waals surface area contributed by atoms with E-state index >= 15 is 0 Å². The number of morpholine rings is 1. The van der Waals surface area contributed by atoms with Crippen LogP contribution in [-0.4, -0.2) is 44.3 Å². The molecule has 1 saturated heterocycles. The summed E-state index contributed by atoms with van der Waals surface area (Å²) in [6, 6.07) is 8.19. The molecule has 0 radical (unpaired) electrons. The van der Waals surface area contributed by atoms with Gasteiger partial charge in [-0.1, -0.05) is 30.7 Å². The van der Waals surface area contributed by atoms with E-state index in [1.807, 2.05) is 25.2 Å². The Morgan fingerprint density at radius 2 is 2.39 bits per heavy atom. The maximum Gasteiger partial charge on any atom is 0.0896 e. The van der Waals surface area contributed by atoms with Crippen LogP contribution in [0.5, 0.6) is 0 Å². The molecule has 2 unspecified atom stereocenters. The van der Waals surface area contributed by atoms with E-state index in [-0.39, 0.29) is 12.1 Å². The van der Waals surface area contributed by atoms with E-state index in [4.69, 9.17) is 16.3 Å². The predicted octanol–water partition coefficient (Wildman–Crippen LogP) is 2.32. The van der Waals surface area contributed by atoms with E-state index in [2.05, 4.69) is 23.2 Å². The van der Waals surface area contributed by atoms with Crippen LogP contribution in [0, 0.1) is 0 Å². The molecule has 18 heavy (non-hydrogen) atoms.